The topological polar surface area (TPSA) is 38.9 Å². The molecule has 3 heterocycles. The number of aryl methyl sites for hydroxylation is 2. The van der Waals surface area contributed by atoms with Crippen LogP contribution >= 0.6 is 0 Å². The Bertz CT molecular complexity index is 648. The zero-order chi connectivity index (χ0) is 16.4. The van der Waals surface area contributed by atoms with Gasteiger partial charge in [-0.2, -0.15) is 5.10 Å². The predicted molar refractivity (Wildman–Crippen MR) is 93.5 cm³/mol. The van der Waals surface area contributed by atoms with Gasteiger partial charge in [0.25, 0.3) is 0 Å². The molecule has 0 aliphatic carbocycles. The molecule has 3 rings (SSSR count). The lowest BCUT2D eigenvalue weighted by molar-refractivity contribution is 0.160. The Hall–Kier alpha value is -1.62. The molecule has 23 heavy (non-hydrogen) atoms. The molecule has 5 heteroatoms. The monoisotopic (exact) mass is 315 g/mol. The summed E-state index contributed by atoms with van der Waals surface area (Å²) in [5.41, 5.74) is 4.77. The number of rotatable bonds is 5. The van der Waals surface area contributed by atoms with Gasteiger partial charge in [0.15, 0.2) is 0 Å². The fourth-order valence-electron chi connectivity index (χ4n) is 3.81. The van der Waals surface area contributed by atoms with Crippen molar-refractivity contribution in [2.75, 3.05) is 13.1 Å². The van der Waals surface area contributed by atoms with Gasteiger partial charge < -0.3 is 4.57 Å². The SMILES string of the molecule is CCn1nc(C)c(-c2cncn2CC(C)N2CCCCC2)c1C. The molecule has 0 aromatic carbocycles. The van der Waals surface area contributed by atoms with Crippen molar-refractivity contribution < 1.29 is 0 Å². The predicted octanol–water partition coefficient (Wildman–Crippen LogP) is 3.26. The van der Waals surface area contributed by atoms with E-state index in [1.807, 2.05) is 12.5 Å². The normalized spacial score (nSPS) is 17.6. The number of imidazole rings is 1. The van der Waals surface area contributed by atoms with Crippen LogP contribution in [0.25, 0.3) is 11.3 Å². The minimum absolute atomic E-state index is 0.546. The van der Waals surface area contributed by atoms with Crippen LogP contribution < -0.4 is 0 Å². The number of nitrogens with zero attached hydrogens (tertiary/aromatic N) is 5. The van der Waals surface area contributed by atoms with Crippen LogP contribution in [-0.2, 0) is 13.1 Å². The molecule has 2 aromatic heterocycles. The standard InChI is InChI=1S/C18H29N5/c1-5-23-16(4)18(15(3)20-23)17-11-19-13-22(17)12-14(2)21-9-7-6-8-10-21/h11,13-14H,5-10,12H2,1-4H3. The third-order valence-electron chi connectivity index (χ3n) is 5.12. The number of hydrogen-bond acceptors (Lipinski definition) is 3. The lowest BCUT2D eigenvalue weighted by Crippen LogP contribution is -2.39. The van der Waals surface area contributed by atoms with Crippen LogP contribution in [-0.4, -0.2) is 43.4 Å². The molecular weight excluding hydrogens is 286 g/mol. The van der Waals surface area contributed by atoms with Gasteiger partial charge in [0.1, 0.15) is 0 Å². The first-order chi connectivity index (χ1) is 11.1. The first kappa shape index (κ1) is 16.2. The van der Waals surface area contributed by atoms with Gasteiger partial charge in [0.05, 0.1) is 23.9 Å². The van der Waals surface area contributed by atoms with Crippen LogP contribution in [0.5, 0.6) is 0 Å². The molecule has 5 nitrogen and oxygen atoms in total. The quantitative estimate of drug-likeness (QED) is 0.850. The molecule has 0 spiro atoms. The summed E-state index contributed by atoms with van der Waals surface area (Å²) in [4.78, 5) is 7.03. The molecule has 0 amide bonds. The second-order valence-electron chi connectivity index (χ2n) is 6.74. The van der Waals surface area contributed by atoms with E-state index < -0.39 is 0 Å². The van der Waals surface area contributed by atoms with E-state index in [9.17, 15) is 0 Å². The Balaban J connectivity index is 1.84. The molecule has 0 saturated carbocycles. The van der Waals surface area contributed by atoms with Crippen molar-refractivity contribution in [1.82, 2.24) is 24.2 Å². The second-order valence-corrected chi connectivity index (χ2v) is 6.74. The van der Waals surface area contributed by atoms with Crippen LogP contribution in [0.2, 0.25) is 0 Å². The van der Waals surface area contributed by atoms with Crippen molar-refractivity contribution in [3.05, 3.63) is 23.9 Å². The van der Waals surface area contributed by atoms with Gasteiger partial charge in [0, 0.05) is 30.4 Å². The lowest BCUT2D eigenvalue weighted by atomic mass is 10.1. The van der Waals surface area contributed by atoms with Gasteiger partial charge in [-0.05, 0) is 53.6 Å². The molecule has 0 radical (unpaired) electrons. The molecule has 1 saturated heterocycles. The van der Waals surface area contributed by atoms with E-state index in [1.54, 1.807) is 0 Å². The molecule has 0 bridgehead atoms. The van der Waals surface area contributed by atoms with Crippen LogP contribution in [0.1, 0.15) is 44.5 Å². The molecule has 1 atom stereocenters. The largest absolute Gasteiger partial charge is 0.329 e. The van der Waals surface area contributed by atoms with E-state index >= 15 is 0 Å². The number of piperidine rings is 1. The van der Waals surface area contributed by atoms with Crippen LogP contribution in [0, 0.1) is 13.8 Å². The van der Waals surface area contributed by atoms with Crippen LogP contribution in [0.15, 0.2) is 12.5 Å². The Labute approximate surface area is 139 Å². The van der Waals surface area contributed by atoms with Gasteiger partial charge in [0.2, 0.25) is 0 Å². The molecule has 2 aromatic rings. The Morgan fingerprint density at radius 3 is 2.57 bits per heavy atom. The average molecular weight is 315 g/mol. The van der Waals surface area contributed by atoms with Gasteiger partial charge in [-0.25, -0.2) is 4.98 Å². The number of aromatic nitrogens is 4. The maximum Gasteiger partial charge on any atom is 0.0951 e. The van der Waals surface area contributed by atoms with Crippen molar-refractivity contribution >= 4 is 0 Å². The summed E-state index contributed by atoms with van der Waals surface area (Å²) in [6, 6.07) is 0.546. The summed E-state index contributed by atoms with van der Waals surface area (Å²) in [7, 11) is 0. The fraction of sp³-hybridized carbons (Fsp3) is 0.667. The highest BCUT2D eigenvalue weighted by atomic mass is 15.3. The second kappa shape index (κ2) is 6.87. The van der Waals surface area contributed by atoms with Crippen LogP contribution in [0.3, 0.4) is 0 Å². The molecule has 0 N–H and O–H groups in total. The van der Waals surface area contributed by atoms with Gasteiger partial charge >= 0.3 is 0 Å². The highest BCUT2D eigenvalue weighted by Crippen LogP contribution is 2.27. The minimum Gasteiger partial charge on any atom is -0.329 e. The molecule has 126 valence electrons. The zero-order valence-electron chi connectivity index (χ0n) is 14.9. The Kier molecular flexibility index (Phi) is 4.85. The van der Waals surface area contributed by atoms with Gasteiger partial charge in [-0.1, -0.05) is 6.42 Å². The maximum atomic E-state index is 4.66. The van der Waals surface area contributed by atoms with E-state index in [0.717, 1.165) is 18.8 Å². The molecule has 1 fully saturated rings. The third kappa shape index (κ3) is 3.20. The van der Waals surface area contributed by atoms with Crippen molar-refractivity contribution in [2.45, 2.75) is 66.1 Å². The summed E-state index contributed by atoms with van der Waals surface area (Å²) >= 11 is 0. The minimum atomic E-state index is 0.546. The van der Waals surface area contributed by atoms with Crippen LogP contribution in [0.4, 0.5) is 0 Å². The third-order valence-corrected chi connectivity index (χ3v) is 5.12. The molecule has 1 aliphatic heterocycles. The highest BCUT2D eigenvalue weighted by molar-refractivity contribution is 5.64. The summed E-state index contributed by atoms with van der Waals surface area (Å²) < 4.78 is 4.38. The number of likely N-dealkylation sites (tertiary alicyclic amines) is 1. The van der Waals surface area contributed by atoms with E-state index in [2.05, 4.69) is 51.9 Å². The summed E-state index contributed by atoms with van der Waals surface area (Å²) in [5, 5.41) is 4.66. The highest BCUT2D eigenvalue weighted by Gasteiger charge is 2.20. The number of hydrogen-bond donors (Lipinski definition) is 0. The van der Waals surface area contributed by atoms with Gasteiger partial charge in [-0.15, -0.1) is 0 Å². The summed E-state index contributed by atoms with van der Waals surface area (Å²) in [6.45, 7) is 13.1. The first-order valence-corrected chi connectivity index (χ1v) is 8.90. The maximum absolute atomic E-state index is 4.66. The van der Waals surface area contributed by atoms with Crippen molar-refractivity contribution in [3.8, 4) is 11.3 Å². The smallest absolute Gasteiger partial charge is 0.0951 e. The van der Waals surface area contributed by atoms with Crippen molar-refractivity contribution in [1.29, 1.82) is 0 Å². The van der Waals surface area contributed by atoms with Crippen molar-refractivity contribution in [2.24, 2.45) is 0 Å². The van der Waals surface area contributed by atoms with E-state index in [4.69, 9.17) is 0 Å². The fourth-order valence-corrected chi connectivity index (χ4v) is 3.81. The summed E-state index contributed by atoms with van der Waals surface area (Å²) in [6.07, 6.45) is 8.01. The van der Waals surface area contributed by atoms with E-state index in [-0.39, 0.29) is 0 Å². The molecule has 1 aliphatic rings. The van der Waals surface area contributed by atoms with E-state index in [1.165, 1.54) is 49.3 Å². The summed E-state index contributed by atoms with van der Waals surface area (Å²) in [5.74, 6) is 0. The lowest BCUT2D eigenvalue weighted by Gasteiger charge is -2.32. The Morgan fingerprint density at radius 2 is 1.91 bits per heavy atom. The van der Waals surface area contributed by atoms with Crippen molar-refractivity contribution in [3.63, 3.8) is 0 Å². The van der Waals surface area contributed by atoms with Gasteiger partial charge in [-0.3, -0.25) is 9.58 Å². The molecule has 1 unspecified atom stereocenters. The van der Waals surface area contributed by atoms with E-state index in [0.29, 0.717) is 6.04 Å². The zero-order valence-corrected chi connectivity index (χ0v) is 14.9. The average Bonchev–Trinajstić information content (AvgIpc) is 3.12. The molecular formula is C18H29N5. The first-order valence-electron chi connectivity index (χ1n) is 8.90. The Morgan fingerprint density at radius 1 is 1.17 bits per heavy atom.